The molecule has 0 saturated carbocycles. The van der Waals surface area contributed by atoms with Crippen molar-refractivity contribution in [2.45, 2.75) is 232 Å². The van der Waals surface area contributed by atoms with Crippen molar-refractivity contribution in [2.75, 3.05) is 13.2 Å². The first-order valence-corrected chi connectivity index (χ1v) is 27.7. The van der Waals surface area contributed by atoms with Gasteiger partial charge in [-0.2, -0.15) is 0 Å². The standard InChI is InChI=1S/C63H100O6/c1-4-7-10-13-16-19-22-25-27-29-31-33-35-38-40-43-46-49-52-55-61(64)67-58-60(69-63(66)57-54-51-48-45-42-37-24-21-18-15-12-9-6-3)59-68-62(65)56-53-50-47-44-41-39-36-34-32-30-28-26-23-20-17-14-11-8-5-2/h7,10,16-17,19-21,24-28,31-34,38-41,47,50,60H,4-6,8-9,11-15,18,22-23,29-30,35-37,42-46,48-49,51-59H2,1-3H3/b10-7-,19-16-,20-17-,24-21-,27-25-,28-26-,33-31-,34-32-,40-38-,41-39-,50-47-/t60-/m1/s1. The minimum Gasteiger partial charge on any atom is -0.462 e. The average Bonchev–Trinajstić information content (AvgIpc) is 3.35. The fraction of sp³-hybridized carbons (Fsp3) is 0.603. The fourth-order valence-corrected chi connectivity index (χ4v) is 6.97. The molecule has 0 unspecified atom stereocenters. The zero-order valence-corrected chi connectivity index (χ0v) is 44.3. The lowest BCUT2D eigenvalue weighted by atomic mass is 10.1. The molecule has 0 aliphatic carbocycles. The monoisotopic (exact) mass is 953 g/mol. The van der Waals surface area contributed by atoms with E-state index in [1.54, 1.807) is 0 Å². The van der Waals surface area contributed by atoms with Crippen molar-refractivity contribution < 1.29 is 28.6 Å². The summed E-state index contributed by atoms with van der Waals surface area (Å²) in [6.07, 6.45) is 78.7. The van der Waals surface area contributed by atoms with Crippen LogP contribution < -0.4 is 0 Å². The number of carbonyl (C=O) groups excluding carboxylic acids is 3. The van der Waals surface area contributed by atoms with E-state index in [-0.39, 0.29) is 44.0 Å². The van der Waals surface area contributed by atoms with Gasteiger partial charge in [0.05, 0.1) is 0 Å². The summed E-state index contributed by atoms with van der Waals surface area (Å²) in [7, 11) is 0. The molecule has 6 nitrogen and oxygen atoms in total. The maximum atomic E-state index is 12.8. The van der Waals surface area contributed by atoms with Crippen LogP contribution in [0.25, 0.3) is 0 Å². The molecule has 0 N–H and O–H groups in total. The summed E-state index contributed by atoms with van der Waals surface area (Å²) in [5.74, 6) is -1.06. The van der Waals surface area contributed by atoms with E-state index >= 15 is 0 Å². The molecule has 0 amide bonds. The molecular formula is C63H100O6. The zero-order valence-electron chi connectivity index (χ0n) is 44.3. The van der Waals surface area contributed by atoms with Crippen LogP contribution in [0.15, 0.2) is 134 Å². The number of rotatable bonds is 48. The summed E-state index contributed by atoms with van der Waals surface area (Å²) in [5, 5.41) is 0. The van der Waals surface area contributed by atoms with E-state index in [0.29, 0.717) is 12.8 Å². The highest BCUT2D eigenvalue weighted by molar-refractivity contribution is 5.71. The van der Waals surface area contributed by atoms with Crippen molar-refractivity contribution in [1.29, 1.82) is 0 Å². The molecule has 0 radical (unpaired) electrons. The highest BCUT2D eigenvalue weighted by Crippen LogP contribution is 2.12. The number of allylic oxidation sites excluding steroid dienone is 22. The number of esters is 3. The Hall–Kier alpha value is -4.45. The van der Waals surface area contributed by atoms with Crippen molar-refractivity contribution >= 4 is 17.9 Å². The minimum absolute atomic E-state index is 0.126. The quantitative estimate of drug-likeness (QED) is 0.0262. The van der Waals surface area contributed by atoms with Crippen molar-refractivity contribution in [3.8, 4) is 0 Å². The van der Waals surface area contributed by atoms with E-state index in [1.165, 1.54) is 64.2 Å². The number of ether oxygens (including phenoxy) is 3. The number of hydrogen-bond donors (Lipinski definition) is 0. The lowest BCUT2D eigenvalue weighted by Crippen LogP contribution is -2.30. The Bertz CT molecular complexity index is 1510. The van der Waals surface area contributed by atoms with Gasteiger partial charge >= 0.3 is 17.9 Å². The Labute approximate surface area is 424 Å². The summed E-state index contributed by atoms with van der Waals surface area (Å²) in [5.41, 5.74) is 0. The third kappa shape index (κ3) is 54.4. The molecule has 0 bridgehead atoms. The topological polar surface area (TPSA) is 78.9 Å². The highest BCUT2D eigenvalue weighted by atomic mass is 16.6. The van der Waals surface area contributed by atoms with Gasteiger partial charge in [0, 0.05) is 19.3 Å². The van der Waals surface area contributed by atoms with Crippen molar-refractivity contribution in [3.05, 3.63) is 134 Å². The second-order valence-corrected chi connectivity index (χ2v) is 17.7. The molecule has 0 aromatic rings. The molecular weight excluding hydrogens is 853 g/mol. The van der Waals surface area contributed by atoms with Crippen LogP contribution in [0.3, 0.4) is 0 Å². The smallest absolute Gasteiger partial charge is 0.306 e. The first-order chi connectivity index (χ1) is 34.0. The molecule has 0 aliphatic rings. The van der Waals surface area contributed by atoms with E-state index in [0.717, 1.165) is 116 Å². The molecule has 0 fully saturated rings. The summed E-state index contributed by atoms with van der Waals surface area (Å²) in [6.45, 7) is 6.37. The largest absolute Gasteiger partial charge is 0.462 e. The molecule has 388 valence electrons. The maximum Gasteiger partial charge on any atom is 0.306 e. The fourth-order valence-electron chi connectivity index (χ4n) is 6.97. The van der Waals surface area contributed by atoms with Gasteiger partial charge in [0.15, 0.2) is 6.10 Å². The maximum absolute atomic E-state index is 12.8. The number of hydrogen-bond acceptors (Lipinski definition) is 6. The van der Waals surface area contributed by atoms with Crippen molar-refractivity contribution in [3.63, 3.8) is 0 Å². The summed E-state index contributed by atoms with van der Waals surface area (Å²) in [4.78, 5) is 38.1. The highest BCUT2D eigenvalue weighted by Gasteiger charge is 2.19. The summed E-state index contributed by atoms with van der Waals surface area (Å²) < 4.78 is 16.7. The number of carbonyl (C=O) groups is 3. The van der Waals surface area contributed by atoms with E-state index in [4.69, 9.17) is 14.2 Å². The van der Waals surface area contributed by atoms with Crippen LogP contribution in [0.1, 0.15) is 226 Å². The van der Waals surface area contributed by atoms with Crippen molar-refractivity contribution in [2.24, 2.45) is 0 Å². The molecule has 0 heterocycles. The summed E-state index contributed by atoms with van der Waals surface area (Å²) >= 11 is 0. The van der Waals surface area contributed by atoms with Gasteiger partial charge < -0.3 is 14.2 Å². The Morgan fingerprint density at radius 2 is 0.594 bits per heavy atom. The van der Waals surface area contributed by atoms with Gasteiger partial charge in [-0.3, -0.25) is 14.4 Å². The molecule has 0 aromatic heterocycles. The Kier molecular flexibility index (Phi) is 52.5. The Balaban J connectivity index is 4.57. The van der Waals surface area contributed by atoms with Crippen LogP contribution in [0.5, 0.6) is 0 Å². The Morgan fingerprint density at radius 1 is 0.304 bits per heavy atom. The zero-order chi connectivity index (χ0) is 50.0. The molecule has 0 aliphatic heterocycles. The van der Waals surface area contributed by atoms with E-state index in [2.05, 4.69) is 148 Å². The lowest BCUT2D eigenvalue weighted by Gasteiger charge is -2.18. The van der Waals surface area contributed by atoms with Crippen LogP contribution in [-0.4, -0.2) is 37.2 Å². The molecule has 0 spiro atoms. The summed E-state index contributed by atoms with van der Waals surface area (Å²) in [6, 6.07) is 0. The van der Waals surface area contributed by atoms with Crippen LogP contribution in [0.2, 0.25) is 0 Å². The van der Waals surface area contributed by atoms with Crippen LogP contribution >= 0.6 is 0 Å². The van der Waals surface area contributed by atoms with Gasteiger partial charge in [-0.25, -0.2) is 0 Å². The second-order valence-electron chi connectivity index (χ2n) is 17.7. The predicted molar refractivity (Wildman–Crippen MR) is 297 cm³/mol. The van der Waals surface area contributed by atoms with Gasteiger partial charge in [0.2, 0.25) is 0 Å². The van der Waals surface area contributed by atoms with Crippen LogP contribution in [-0.2, 0) is 28.6 Å². The van der Waals surface area contributed by atoms with Gasteiger partial charge in [-0.05, 0) is 128 Å². The van der Waals surface area contributed by atoms with Crippen molar-refractivity contribution in [1.82, 2.24) is 0 Å². The second kappa shape index (κ2) is 56.1. The minimum atomic E-state index is -0.831. The predicted octanol–water partition coefficient (Wildman–Crippen LogP) is 18.6. The van der Waals surface area contributed by atoms with Crippen LogP contribution in [0, 0.1) is 0 Å². The molecule has 0 saturated heterocycles. The molecule has 0 aromatic carbocycles. The van der Waals surface area contributed by atoms with Gasteiger partial charge in [0.25, 0.3) is 0 Å². The first-order valence-electron chi connectivity index (χ1n) is 27.7. The normalized spacial score (nSPS) is 13.1. The third-order valence-corrected chi connectivity index (χ3v) is 11.1. The van der Waals surface area contributed by atoms with Crippen LogP contribution in [0.4, 0.5) is 0 Å². The van der Waals surface area contributed by atoms with E-state index in [9.17, 15) is 14.4 Å². The molecule has 1 atom stereocenters. The van der Waals surface area contributed by atoms with E-state index in [1.807, 2.05) is 6.08 Å². The Morgan fingerprint density at radius 3 is 1.03 bits per heavy atom. The molecule has 69 heavy (non-hydrogen) atoms. The lowest BCUT2D eigenvalue weighted by molar-refractivity contribution is -0.166. The van der Waals surface area contributed by atoms with E-state index < -0.39 is 6.10 Å². The van der Waals surface area contributed by atoms with Gasteiger partial charge in [-0.15, -0.1) is 0 Å². The van der Waals surface area contributed by atoms with Gasteiger partial charge in [-0.1, -0.05) is 212 Å². The third-order valence-electron chi connectivity index (χ3n) is 11.1. The molecule has 6 heteroatoms. The number of unbranched alkanes of at least 4 members (excludes halogenated alkanes) is 15. The van der Waals surface area contributed by atoms with Gasteiger partial charge in [0.1, 0.15) is 13.2 Å². The molecule has 0 rings (SSSR count). The average molecular weight is 953 g/mol. The first kappa shape index (κ1) is 64.5. The SMILES string of the molecule is CC/C=C\C/C=C\C/C=C\C/C=C\C/C=C\CCCCCC(=O)OC[C@H](COC(=O)CC/C=C\C/C=C\C/C=C\C/C=C\C/C=C\CCCCC)OC(=O)CCCCCCC/C=C\CCCCCC.